The number of anilines is 1. The van der Waals surface area contributed by atoms with Gasteiger partial charge in [0, 0.05) is 32.0 Å². The van der Waals surface area contributed by atoms with Crippen LogP contribution < -0.4 is 15.8 Å². The number of piperidine rings is 1. The Kier molecular flexibility index (Phi) is 4.34. The Hall–Kier alpha value is -1.77. The molecule has 1 spiro atoms. The Morgan fingerprint density at radius 3 is 2.96 bits per heavy atom. The van der Waals surface area contributed by atoms with E-state index in [0.29, 0.717) is 19.7 Å². The average molecular weight is 332 g/mol. The standard InChI is InChI=1S/C16H24N6O2/c23-14(13-3-7-19-20-13)21-9-10-24-16(11-21)4-1-8-22(12-16)15-17-5-2-6-18-15/h2,5-6,13,19-20H,1,3-4,7-12H2. The minimum atomic E-state index is -0.308. The molecule has 1 aromatic rings. The molecule has 3 fully saturated rings. The van der Waals surface area contributed by atoms with Gasteiger partial charge in [0.15, 0.2) is 0 Å². The lowest BCUT2D eigenvalue weighted by Crippen LogP contribution is -2.62. The average Bonchev–Trinajstić information content (AvgIpc) is 3.17. The highest BCUT2D eigenvalue weighted by Gasteiger charge is 2.43. The highest BCUT2D eigenvalue weighted by molar-refractivity contribution is 5.82. The molecule has 130 valence electrons. The first-order chi connectivity index (χ1) is 11.8. The molecule has 2 unspecified atom stereocenters. The molecule has 4 heterocycles. The lowest BCUT2D eigenvalue weighted by molar-refractivity contribution is -0.153. The molecule has 4 rings (SSSR count). The normalized spacial score (nSPS) is 30.8. The van der Waals surface area contributed by atoms with Crippen LogP contribution in [-0.4, -0.2) is 71.7 Å². The number of carbonyl (C=O) groups excluding carboxylic acids is 1. The molecule has 2 N–H and O–H groups in total. The van der Waals surface area contributed by atoms with E-state index in [1.54, 1.807) is 12.4 Å². The van der Waals surface area contributed by atoms with Crippen LogP contribution in [0.5, 0.6) is 0 Å². The molecule has 24 heavy (non-hydrogen) atoms. The summed E-state index contributed by atoms with van der Waals surface area (Å²) in [7, 11) is 0. The number of hydrogen-bond acceptors (Lipinski definition) is 7. The number of hydrogen-bond donors (Lipinski definition) is 2. The summed E-state index contributed by atoms with van der Waals surface area (Å²) < 4.78 is 6.17. The van der Waals surface area contributed by atoms with Crippen molar-refractivity contribution in [2.45, 2.75) is 30.9 Å². The molecule has 0 radical (unpaired) electrons. The van der Waals surface area contributed by atoms with Crippen LogP contribution in [0, 0.1) is 0 Å². The Labute approximate surface area is 141 Å². The van der Waals surface area contributed by atoms with Gasteiger partial charge in [-0.3, -0.25) is 10.2 Å². The lowest BCUT2D eigenvalue weighted by Gasteiger charge is -2.48. The van der Waals surface area contributed by atoms with Crippen molar-refractivity contribution < 1.29 is 9.53 Å². The van der Waals surface area contributed by atoms with Crippen molar-refractivity contribution >= 4 is 11.9 Å². The highest BCUT2D eigenvalue weighted by Crippen LogP contribution is 2.30. The molecule has 0 saturated carbocycles. The second-order valence-electron chi connectivity index (χ2n) is 6.78. The minimum absolute atomic E-state index is 0.114. The first-order valence-electron chi connectivity index (χ1n) is 8.69. The van der Waals surface area contributed by atoms with E-state index in [2.05, 4.69) is 25.7 Å². The number of aromatic nitrogens is 2. The Morgan fingerprint density at radius 1 is 1.29 bits per heavy atom. The fourth-order valence-corrected chi connectivity index (χ4v) is 3.89. The fraction of sp³-hybridized carbons (Fsp3) is 0.688. The van der Waals surface area contributed by atoms with Gasteiger partial charge in [-0.15, -0.1) is 0 Å². The third-order valence-corrected chi connectivity index (χ3v) is 5.07. The van der Waals surface area contributed by atoms with Crippen molar-refractivity contribution in [3.63, 3.8) is 0 Å². The van der Waals surface area contributed by atoms with Gasteiger partial charge in [0.05, 0.1) is 19.7 Å². The Balaban J connectivity index is 1.46. The number of rotatable bonds is 2. The third kappa shape index (κ3) is 3.09. The number of ether oxygens (including phenoxy) is 1. The smallest absolute Gasteiger partial charge is 0.241 e. The van der Waals surface area contributed by atoms with Crippen LogP contribution in [0.15, 0.2) is 18.5 Å². The zero-order chi connectivity index (χ0) is 16.4. The monoisotopic (exact) mass is 332 g/mol. The molecule has 0 bridgehead atoms. The SMILES string of the molecule is O=C(C1CCNN1)N1CCOC2(CCCN(c3ncccn3)C2)C1. The molecular formula is C16H24N6O2. The van der Waals surface area contributed by atoms with Gasteiger partial charge < -0.3 is 14.5 Å². The summed E-state index contributed by atoms with van der Waals surface area (Å²) in [6.45, 7) is 4.41. The summed E-state index contributed by atoms with van der Waals surface area (Å²) >= 11 is 0. The van der Waals surface area contributed by atoms with Crippen LogP contribution in [-0.2, 0) is 9.53 Å². The zero-order valence-corrected chi connectivity index (χ0v) is 13.8. The number of hydrazine groups is 1. The maximum atomic E-state index is 12.7. The fourth-order valence-electron chi connectivity index (χ4n) is 3.89. The molecule has 3 aliphatic heterocycles. The van der Waals surface area contributed by atoms with Crippen LogP contribution in [0.2, 0.25) is 0 Å². The zero-order valence-electron chi connectivity index (χ0n) is 13.8. The van der Waals surface area contributed by atoms with Gasteiger partial charge in [0.25, 0.3) is 0 Å². The van der Waals surface area contributed by atoms with E-state index in [0.717, 1.165) is 44.8 Å². The molecule has 0 aliphatic carbocycles. The molecule has 8 nitrogen and oxygen atoms in total. The van der Waals surface area contributed by atoms with Crippen molar-refractivity contribution in [3.8, 4) is 0 Å². The number of nitrogens with one attached hydrogen (secondary N) is 2. The lowest BCUT2D eigenvalue weighted by atomic mass is 9.90. The van der Waals surface area contributed by atoms with Gasteiger partial charge in [-0.25, -0.2) is 15.4 Å². The summed E-state index contributed by atoms with van der Waals surface area (Å²) in [6.07, 6.45) is 6.35. The van der Waals surface area contributed by atoms with Crippen molar-refractivity contribution in [2.24, 2.45) is 0 Å². The van der Waals surface area contributed by atoms with Gasteiger partial charge >= 0.3 is 0 Å². The van der Waals surface area contributed by atoms with Crippen LogP contribution in [0.3, 0.4) is 0 Å². The molecule has 3 aliphatic rings. The van der Waals surface area contributed by atoms with E-state index in [-0.39, 0.29) is 17.6 Å². The summed E-state index contributed by atoms with van der Waals surface area (Å²) in [5.41, 5.74) is 5.80. The molecule has 2 atom stereocenters. The third-order valence-electron chi connectivity index (χ3n) is 5.07. The summed E-state index contributed by atoms with van der Waals surface area (Å²) in [4.78, 5) is 25.6. The molecule has 8 heteroatoms. The van der Waals surface area contributed by atoms with E-state index < -0.39 is 0 Å². The summed E-state index contributed by atoms with van der Waals surface area (Å²) in [5, 5.41) is 0. The minimum Gasteiger partial charge on any atom is -0.369 e. The van der Waals surface area contributed by atoms with Gasteiger partial charge in [-0.1, -0.05) is 0 Å². The number of amides is 1. The maximum absolute atomic E-state index is 12.7. The molecule has 0 aromatic carbocycles. The van der Waals surface area contributed by atoms with E-state index in [4.69, 9.17) is 4.74 Å². The summed E-state index contributed by atoms with van der Waals surface area (Å²) in [5.74, 6) is 0.918. The number of nitrogens with zero attached hydrogens (tertiary/aromatic N) is 4. The van der Waals surface area contributed by atoms with E-state index in [1.807, 2.05) is 11.0 Å². The van der Waals surface area contributed by atoms with Crippen LogP contribution in [0.25, 0.3) is 0 Å². The van der Waals surface area contributed by atoms with Crippen LogP contribution in [0.1, 0.15) is 19.3 Å². The van der Waals surface area contributed by atoms with E-state index in [1.165, 1.54) is 0 Å². The van der Waals surface area contributed by atoms with E-state index in [9.17, 15) is 4.79 Å². The maximum Gasteiger partial charge on any atom is 0.241 e. The van der Waals surface area contributed by atoms with Gasteiger partial charge in [0.2, 0.25) is 11.9 Å². The quantitative estimate of drug-likeness (QED) is 0.758. The van der Waals surface area contributed by atoms with Crippen molar-refractivity contribution in [2.75, 3.05) is 44.2 Å². The predicted octanol–water partition coefficient (Wildman–Crippen LogP) is -0.459. The Morgan fingerprint density at radius 2 is 2.17 bits per heavy atom. The van der Waals surface area contributed by atoms with Crippen molar-refractivity contribution in [1.82, 2.24) is 25.7 Å². The molecule has 3 saturated heterocycles. The predicted molar refractivity (Wildman–Crippen MR) is 88.3 cm³/mol. The molecular weight excluding hydrogens is 308 g/mol. The first kappa shape index (κ1) is 15.7. The second kappa shape index (κ2) is 6.62. The number of morpholine rings is 1. The van der Waals surface area contributed by atoms with Crippen LogP contribution >= 0.6 is 0 Å². The highest BCUT2D eigenvalue weighted by atomic mass is 16.5. The van der Waals surface area contributed by atoms with Crippen molar-refractivity contribution in [1.29, 1.82) is 0 Å². The molecule has 1 aromatic heterocycles. The van der Waals surface area contributed by atoms with Gasteiger partial charge in [-0.05, 0) is 25.3 Å². The largest absolute Gasteiger partial charge is 0.369 e. The van der Waals surface area contributed by atoms with Gasteiger partial charge in [0.1, 0.15) is 11.6 Å². The summed E-state index contributed by atoms with van der Waals surface area (Å²) in [6, 6.07) is 1.71. The number of carbonyl (C=O) groups is 1. The topological polar surface area (TPSA) is 82.6 Å². The van der Waals surface area contributed by atoms with Crippen molar-refractivity contribution in [3.05, 3.63) is 18.5 Å². The Bertz CT molecular complexity index is 575. The van der Waals surface area contributed by atoms with Crippen LogP contribution in [0.4, 0.5) is 5.95 Å². The van der Waals surface area contributed by atoms with Gasteiger partial charge in [-0.2, -0.15) is 0 Å². The second-order valence-corrected chi connectivity index (χ2v) is 6.78. The molecule has 1 amide bonds. The first-order valence-corrected chi connectivity index (χ1v) is 8.69. The van der Waals surface area contributed by atoms with E-state index >= 15 is 0 Å².